The summed E-state index contributed by atoms with van der Waals surface area (Å²) >= 11 is 2.00. The molecule has 0 rings (SSSR count). The highest BCUT2D eigenvalue weighted by Crippen LogP contribution is 2.07. The minimum absolute atomic E-state index is 0.0150. The normalized spacial score (nSPS) is 12.9. The zero-order valence-electron chi connectivity index (χ0n) is 17.1. The average molecular weight is 527 g/mol. The standard InChI is InChI=1S/C18H34IN5O5/c1-12(2)18(13(25)8-19)24-14(26)6-4-3-5-7-21-16(28)10-23-17(29)11-22-15(27)9-20/h12,16,18,21,28H,3-11,20H2,1-2H3,(H,22,27)(H,23,29)(H,24,26)/t16?,18-/m0/s1. The summed E-state index contributed by atoms with van der Waals surface area (Å²) in [5, 5.41) is 20.2. The lowest BCUT2D eigenvalue weighted by Gasteiger charge is -2.20. The Morgan fingerprint density at radius 1 is 1.00 bits per heavy atom. The first kappa shape index (κ1) is 27.7. The van der Waals surface area contributed by atoms with Gasteiger partial charge >= 0.3 is 0 Å². The Morgan fingerprint density at radius 2 is 1.69 bits per heavy atom. The van der Waals surface area contributed by atoms with Crippen molar-refractivity contribution < 1.29 is 24.3 Å². The van der Waals surface area contributed by atoms with Crippen LogP contribution in [0.3, 0.4) is 0 Å². The number of nitrogens with two attached hydrogens (primary N) is 1. The Kier molecular flexibility index (Phi) is 15.7. The first-order valence-electron chi connectivity index (χ1n) is 9.74. The fraction of sp³-hybridized carbons (Fsp3) is 0.778. The van der Waals surface area contributed by atoms with Gasteiger partial charge in [-0.1, -0.05) is 42.9 Å². The van der Waals surface area contributed by atoms with E-state index in [1.165, 1.54) is 0 Å². The topological polar surface area (TPSA) is 163 Å². The van der Waals surface area contributed by atoms with Gasteiger partial charge in [-0.05, 0) is 25.3 Å². The van der Waals surface area contributed by atoms with Gasteiger partial charge in [0, 0.05) is 6.42 Å². The van der Waals surface area contributed by atoms with E-state index in [1.54, 1.807) is 0 Å². The van der Waals surface area contributed by atoms with E-state index in [9.17, 15) is 24.3 Å². The molecule has 0 aromatic carbocycles. The fourth-order valence-corrected chi connectivity index (χ4v) is 2.87. The lowest BCUT2D eigenvalue weighted by atomic mass is 10.0. The lowest BCUT2D eigenvalue weighted by Crippen LogP contribution is -2.45. The third-order valence-corrected chi connectivity index (χ3v) is 4.80. The third-order valence-electron chi connectivity index (χ3n) is 4.05. The van der Waals surface area contributed by atoms with Crippen LogP contribution in [0.2, 0.25) is 0 Å². The van der Waals surface area contributed by atoms with Crippen molar-refractivity contribution in [1.82, 2.24) is 21.3 Å². The molecule has 0 radical (unpaired) electrons. The monoisotopic (exact) mass is 527 g/mol. The van der Waals surface area contributed by atoms with E-state index in [0.29, 0.717) is 23.8 Å². The van der Waals surface area contributed by atoms with Gasteiger partial charge in [0.2, 0.25) is 17.7 Å². The predicted molar refractivity (Wildman–Crippen MR) is 118 cm³/mol. The van der Waals surface area contributed by atoms with Gasteiger partial charge in [0.25, 0.3) is 0 Å². The number of amides is 3. The zero-order chi connectivity index (χ0) is 22.2. The maximum absolute atomic E-state index is 12.0. The molecule has 0 aromatic rings. The van der Waals surface area contributed by atoms with Crippen LogP contribution in [0.5, 0.6) is 0 Å². The Hall–Kier alpha value is -1.31. The number of alkyl halides is 1. The summed E-state index contributed by atoms with van der Waals surface area (Å²) in [6, 6.07) is -0.435. The van der Waals surface area contributed by atoms with E-state index in [4.69, 9.17) is 5.73 Å². The molecule has 0 heterocycles. The van der Waals surface area contributed by atoms with E-state index in [1.807, 2.05) is 36.4 Å². The molecule has 0 saturated carbocycles. The molecule has 0 fully saturated rings. The molecule has 0 aliphatic carbocycles. The predicted octanol–water partition coefficient (Wildman–Crippen LogP) is -1.21. The van der Waals surface area contributed by atoms with Gasteiger partial charge in [0.05, 0.1) is 30.1 Å². The number of hydrogen-bond donors (Lipinski definition) is 6. The highest BCUT2D eigenvalue weighted by atomic mass is 127. The molecular weight excluding hydrogens is 493 g/mol. The number of halogens is 1. The molecule has 1 unspecified atom stereocenters. The smallest absolute Gasteiger partial charge is 0.239 e. The van der Waals surface area contributed by atoms with Crippen LogP contribution in [0.1, 0.15) is 39.5 Å². The van der Waals surface area contributed by atoms with E-state index in [-0.39, 0.29) is 37.2 Å². The SMILES string of the molecule is CC(C)[C@H](NC(=O)CCCCCNC(O)CNC(=O)CNC(=O)CN)C(=O)CI. The first-order valence-corrected chi connectivity index (χ1v) is 11.3. The molecule has 0 aliphatic rings. The van der Waals surface area contributed by atoms with E-state index < -0.39 is 24.1 Å². The van der Waals surface area contributed by atoms with Crippen molar-refractivity contribution in [2.45, 2.75) is 51.8 Å². The van der Waals surface area contributed by atoms with Gasteiger partial charge in [0.1, 0.15) is 6.23 Å². The third kappa shape index (κ3) is 14.3. The molecule has 0 saturated heterocycles. The van der Waals surface area contributed by atoms with Crippen LogP contribution in [0.4, 0.5) is 0 Å². The van der Waals surface area contributed by atoms with Crippen LogP contribution in [-0.2, 0) is 19.2 Å². The first-order chi connectivity index (χ1) is 13.7. The summed E-state index contributed by atoms with van der Waals surface area (Å²) in [5.74, 6) is -0.882. The molecule has 3 amide bonds. The van der Waals surface area contributed by atoms with E-state index >= 15 is 0 Å². The van der Waals surface area contributed by atoms with Crippen molar-refractivity contribution in [3.05, 3.63) is 0 Å². The Bertz CT molecular complexity index is 533. The summed E-state index contributed by atoms with van der Waals surface area (Å²) in [5.41, 5.74) is 5.11. The maximum atomic E-state index is 12.0. The summed E-state index contributed by atoms with van der Waals surface area (Å²) in [7, 11) is 0. The average Bonchev–Trinajstić information content (AvgIpc) is 2.70. The summed E-state index contributed by atoms with van der Waals surface area (Å²) in [6.07, 6.45) is 1.68. The van der Waals surface area contributed by atoms with Crippen molar-refractivity contribution in [1.29, 1.82) is 0 Å². The zero-order valence-corrected chi connectivity index (χ0v) is 19.3. The van der Waals surface area contributed by atoms with Crippen LogP contribution in [0.15, 0.2) is 0 Å². The number of carbonyl (C=O) groups excluding carboxylic acids is 4. The number of Topliss-reactive ketones (excluding diaryl/α,β-unsaturated/α-hetero) is 1. The van der Waals surface area contributed by atoms with Gasteiger partial charge in [-0.15, -0.1) is 0 Å². The second-order valence-electron chi connectivity index (χ2n) is 6.95. The largest absolute Gasteiger partial charge is 0.377 e. The Balaban J connectivity index is 3.80. The molecule has 2 atom stereocenters. The lowest BCUT2D eigenvalue weighted by molar-refractivity contribution is -0.127. The number of hydrogen-bond acceptors (Lipinski definition) is 7. The summed E-state index contributed by atoms with van der Waals surface area (Å²) in [4.78, 5) is 46.2. The van der Waals surface area contributed by atoms with E-state index in [2.05, 4.69) is 21.3 Å². The molecular formula is C18H34IN5O5. The molecule has 0 aliphatic heterocycles. The Morgan fingerprint density at radius 3 is 2.28 bits per heavy atom. The summed E-state index contributed by atoms with van der Waals surface area (Å²) < 4.78 is 0.373. The molecule has 10 nitrogen and oxygen atoms in total. The Labute approximate surface area is 185 Å². The number of carbonyl (C=O) groups is 4. The fourth-order valence-electron chi connectivity index (χ4n) is 2.40. The van der Waals surface area contributed by atoms with Crippen LogP contribution >= 0.6 is 22.6 Å². The van der Waals surface area contributed by atoms with Gasteiger partial charge in [-0.3, -0.25) is 24.5 Å². The highest BCUT2D eigenvalue weighted by Gasteiger charge is 2.22. The van der Waals surface area contributed by atoms with Crippen molar-refractivity contribution in [3.8, 4) is 0 Å². The van der Waals surface area contributed by atoms with Crippen molar-refractivity contribution in [2.24, 2.45) is 11.7 Å². The number of ketones is 1. The van der Waals surface area contributed by atoms with Crippen molar-refractivity contribution >= 4 is 46.1 Å². The van der Waals surface area contributed by atoms with Gasteiger partial charge in [0.15, 0.2) is 5.78 Å². The molecule has 0 bridgehead atoms. The minimum atomic E-state index is -0.904. The maximum Gasteiger partial charge on any atom is 0.239 e. The quantitative estimate of drug-likeness (QED) is 0.0635. The number of nitrogens with one attached hydrogen (secondary N) is 4. The van der Waals surface area contributed by atoms with Gasteiger partial charge in [-0.25, -0.2) is 0 Å². The molecule has 0 spiro atoms. The van der Waals surface area contributed by atoms with Crippen LogP contribution < -0.4 is 27.0 Å². The number of unbranched alkanes of at least 4 members (excludes halogenated alkanes) is 2. The number of aliphatic hydroxyl groups is 1. The number of rotatable bonds is 16. The second-order valence-corrected chi connectivity index (χ2v) is 7.72. The second kappa shape index (κ2) is 16.5. The van der Waals surface area contributed by atoms with Crippen LogP contribution in [-0.4, -0.2) is 71.5 Å². The van der Waals surface area contributed by atoms with Gasteiger partial charge in [-0.2, -0.15) is 0 Å². The number of aliphatic hydroxyl groups excluding tert-OH is 1. The molecule has 11 heteroatoms. The van der Waals surface area contributed by atoms with Crippen molar-refractivity contribution in [3.63, 3.8) is 0 Å². The minimum Gasteiger partial charge on any atom is -0.377 e. The van der Waals surface area contributed by atoms with Gasteiger partial charge < -0.3 is 26.8 Å². The molecule has 7 N–H and O–H groups in total. The van der Waals surface area contributed by atoms with Crippen LogP contribution in [0.25, 0.3) is 0 Å². The molecule has 168 valence electrons. The van der Waals surface area contributed by atoms with Crippen molar-refractivity contribution in [2.75, 3.05) is 30.6 Å². The van der Waals surface area contributed by atoms with Crippen LogP contribution in [0, 0.1) is 5.92 Å². The molecule has 0 aromatic heterocycles. The van der Waals surface area contributed by atoms with E-state index in [0.717, 1.165) is 12.8 Å². The highest BCUT2D eigenvalue weighted by molar-refractivity contribution is 14.1. The molecule has 29 heavy (non-hydrogen) atoms. The summed E-state index contributed by atoms with van der Waals surface area (Å²) in [6.45, 7) is 3.99.